The minimum absolute atomic E-state index is 0.0230. The number of aromatic nitrogens is 2. The van der Waals surface area contributed by atoms with Crippen LogP contribution in [-0.4, -0.2) is 29.3 Å². The zero-order valence-electron chi connectivity index (χ0n) is 9.94. The fourth-order valence-electron chi connectivity index (χ4n) is 1.51. The second-order valence-corrected chi connectivity index (χ2v) is 5.41. The summed E-state index contributed by atoms with van der Waals surface area (Å²) in [6.45, 7) is 0. The van der Waals surface area contributed by atoms with Gasteiger partial charge in [-0.15, -0.1) is 0 Å². The molecule has 2 N–H and O–H groups in total. The summed E-state index contributed by atoms with van der Waals surface area (Å²) < 4.78 is 27.6. The van der Waals surface area contributed by atoms with E-state index in [0.717, 1.165) is 0 Å². The van der Waals surface area contributed by atoms with Crippen LogP contribution in [0.5, 0.6) is 0 Å². The van der Waals surface area contributed by atoms with Gasteiger partial charge in [0.05, 0.1) is 11.8 Å². The van der Waals surface area contributed by atoms with E-state index in [1.807, 2.05) is 0 Å². The van der Waals surface area contributed by atoms with Crippen molar-refractivity contribution in [1.82, 2.24) is 9.78 Å². The van der Waals surface area contributed by atoms with E-state index < -0.39 is 16.0 Å². The molecule has 8 heteroatoms. The van der Waals surface area contributed by atoms with Crippen LogP contribution < -0.4 is 4.72 Å². The minimum atomic E-state index is -3.73. The van der Waals surface area contributed by atoms with Crippen molar-refractivity contribution in [2.24, 2.45) is 7.05 Å². The van der Waals surface area contributed by atoms with Crippen LogP contribution in [0.15, 0.2) is 41.6 Å². The zero-order chi connectivity index (χ0) is 14.0. The Labute approximate surface area is 109 Å². The molecule has 100 valence electrons. The summed E-state index contributed by atoms with van der Waals surface area (Å²) in [4.78, 5) is 10.7. The number of sulfonamides is 1. The van der Waals surface area contributed by atoms with Gasteiger partial charge in [0.1, 0.15) is 0 Å². The summed E-state index contributed by atoms with van der Waals surface area (Å²) in [5, 5.41) is 12.5. The highest BCUT2D eigenvalue weighted by atomic mass is 32.2. The van der Waals surface area contributed by atoms with Crippen LogP contribution in [-0.2, 0) is 17.1 Å². The SMILES string of the molecule is Cn1nccc1S(=O)(=O)Nc1ccc(C(=O)O)cc1. The average Bonchev–Trinajstić information content (AvgIpc) is 2.76. The topological polar surface area (TPSA) is 101 Å². The van der Waals surface area contributed by atoms with E-state index in [-0.39, 0.29) is 16.3 Å². The molecule has 0 spiro atoms. The second-order valence-electron chi connectivity index (χ2n) is 3.78. The normalized spacial score (nSPS) is 11.2. The summed E-state index contributed by atoms with van der Waals surface area (Å²) >= 11 is 0. The van der Waals surface area contributed by atoms with E-state index in [1.165, 1.54) is 48.3 Å². The van der Waals surface area contributed by atoms with Crippen LogP contribution in [0.4, 0.5) is 5.69 Å². The van der Waals surface area contributed by atoms with Gasteiger partial charge in [0.2, 0.25) is 0 Å². The van der Waals surface area contributed by atoms with E-state index in [1.54, 1.807) is 0 Å². The first-order chi connectivity index (χ1) is 8.90. The number of rotatable bonds is 4. The number of nitrogens with zero attached hydrogens (tertiary/aromatic N) is 2. The number of aromatic carboxylic acids is 1. The van der Waals surface area contributed by atoms with Gasteiger partial charge in [-0.25, -0.2) is 4.79 Å². The van der Waals surface area contributed by atoms with Crippen LogP contribution in [0.25, 0.3) is 0 Å². The Bertz CT molecular complexity index is 704. The lowest BCUT2D eigenvalue weighted by Crippen LogP contribution is -2.16. The highest BCUT2D eigenvalue weighted by Gasteiger charge is 2.18. The molecule has 0 saturated heterocycles. The van der Waals surface area contributed by atoms with Crippen LogP contribution in [0.3, 0.4) is 0 Å². The lowest BCUT2D eigenvalue weighted by molar-refractivity contribution is 0.0697. The maximum atomic E-state index is 12.0. The summed E-state index contributed by atoms with van der Waals surface area (Å²) in [5.41, 5.74) is 0.370. The van der Waals surface area contributed by atoms with Crippen LogP contribution in [0.2, 0.25) is 0 Å². The molecule has 0 saturated carbocycles. The third-order valence-electron chi connectivity index (χ3n) is 2.44. The van der Waals surface area contributed by atoms with Gasteiger partial charge in [0.15, 0.2) is 5.03 Å². The van der Waals surface area contributed by atoms with Crippen molar-refractivity contribution < 1.29 is 18.3 Å². The van der Waals surface area contributed by atoms with Gasteiger partial charge in [0.25, 0.3) is 10.0 Å². The van der Waals surface area contributed by atoms with E-state index in [2.05, 4.69) is 9.82 Å². The Morgan fingerprint density at radius 1 is 1.26 bits per heavy atom. The molecule has 0 aliphatic rings. The third kappa shape index (κ3) is 2.74. The van der Waals surface area contributed by atoms with E-state index in [9.17, 15) is 13.2 Å². The molecule has 1 heterocycles. The molecule has 0 amide bonds. The molecule has 1 aromatic heterocycles. The number of hydrogen-bond donors (Lipinski definition) is 2. The molecular weight excluding hydrogens is 270 g/mol. The van der Waals surface area contributed by atoms with Crippen LogP contribution in [0.1, 0.15) is 10.4 Å². The van der Waals surface area contributed by atoms with Crippen molar-refractivity contribution in [2.75, 3.05) is 4.72 Å². The molecule has 7 nitrogen and oxygen atoms in total. The van der Waals surface area contributed by atoms with Gasteiger partial charge in [-0.05, 0) is 30.3 Å². The average molecular weight is 281 g/mol. The van der Waals surface area contributed by atoms with Gasteiger partial charge in [-0.2, -0.15) is 13.5 Å². The lowest BCUT2D eigenvalue weighted by atomic mass is 10.2. The van der Waals surface area contributed by atoms with Crippen molar-refractivity contribution >= 4 is 21.7 Å². The number of carboxylic acid groups (broad SMARTS) is 1. The molecule has 2 aromatic rings. The monoisotopic (exact) mass is 281 g/mol. The predicted octanol–water partition coefficient (Wildman–Crippen LogP) is 0.919. The molecule has 0 fully saturated rings. The maximum Gasteiger partial charge on any atom is 0.335 e. The number of benzene rings is 1. The number of anilines is 1. The van der Waals surface area contributed by atoms with E-state index in [0.29, 0.717) is 0 Å². The van der Waals surface area contributed by atoms with Crippen molar-refractivity contribution in [2.45, 2.75) is 5.03 Å². The van der Waals surface area contributed by atoms with Gasteiger partial charge >= 0.3 is 5.97 Å². The van der Waals surface area contributed by atoms with Crippen molar-refractivity contribution in [3.63, 3.8) is 0 Å². The van der Waals surface area contributed by atoms with E-state index in [4.69, 9.17) is 5.11 Å². The third-order valence-corrected chi connectivity index (χ3v) is 3.89. The Hall–Kier alpha value is -2.35. The number of nitrogens with one attached hydrogen (secondary N) is 1. The minimum Gasteiger partial charge on any atom is -0.478 e. The molecule has 0 bridgehead atoms. The Balaban J connectivity index is 2.26. The van der Waals surface area contributed by atoms with Crippen LogP contribution in [0, 0.1) is 0 Å². The largest absolute Gasteiger partial charge is 0.478 e. The smallest absolute Gasteiger partial charge is 0.335 e. The summed E-state index contributed by atoms with van der Waals surface area (Å²) in [7, 11) is -2.21. The Kier molecular flexibility index (Phi) is 3.26. The standard InChI is InChI=1S/C11H11N3O4S/c1-14-10(6-7-12-14)19(17,18)13-9-4-2-8(3-5-9)11(15)16/h2-7,13H,1H3,(H,15,16). The number of aryl methyl sites for hydroxylation is 1. The van der Waals surface area contributed by atoms with Gasteiger partial charge in [-0.3, -0.25) is 9.40 Å². The molecule has 0 unspecified atom stereocenters. The highest BCUT2D eigenvalue weighted by molar-refractivity contribution is 7.92. The van der Waals surface area contributed by atoms with Gasteiger partial charge in [-0.1, -0.05) is 0 Å². The summed E-state index contributed by atoms with van der Waals surface area (Å²) in [5.74, 6) is -1.07. The number of carbonyl (C=O) groups is 1. The number of hydrogen-bond acceptors (Lipinski definition) is 4. The fourth-order valence-corrected chi connectivity index (χ4v) is 2.70. The first-order valence-corrected chi connectivity index (χ1v) is 6.72. The Morgan fingerprint density at radius 3 is 2.37 bits per heavy atom. The zero-order valence-corrected chi connectivity index (χ0v) is 10.8. The predicted molar refractivity (Wildman–Crippen MR) is 67.4 cm³/mol. The molecular formula is C11H11N3O4S. The van der Waals surface area contributed by atoms with Gasteiger partial charge < -0.3 is 5.11 Å². The summed E-state index contributed by atoms with van der Waals surface area (Å²) in [6, 6.07) is 6.79. The first-order valence-electron chi connectivity index (χ1n) is 5.24. The first kappa shape index (κ1) is 13.1. The second kappa shape index (κ2) is 4.73. The fraction of sp³-hybridized carbons (Fsp3) is 0.0909. The van der Waals surface area contributed by atoms with Gasteiger partial charge in [0, 0.05) is 12.7 Å². The Morgan fingerprint density at radius 2 is 1.89 bits per heavy atom. The molecule has 0 atom stereocenters. The quantitative estimate of drug-likeness (QED) is 0.867. The van der Waals surface area contributed by atoms with E-state index >= 15 is 0 Å². The highest BCUT2D eigenvalue weighted by Crippen LogP contribution is 2.15. The molecule has 1 aromatic carbocycles. The van der Waals surface area contributed by atoms with Crippen molar-refractivity contribution in [3.8, 4) is 0 Å². The van der Waals surface area contributed by atoms with Crippen molar-refractivity contribution in [3.05, 3.63) is 42.1 Å². The molecule has 0 aliphatic heterocycles. The molecule has 0 aliphatic carbocycles. The van der Waals surface area contributed by atoms with Crippen molar-refractivity contribution in [1.29, 1.82) is 0 Å². The maximum absolute atomic E-state index is 12.0. The van der Waals surface area contributed by atoms with Crippen LogP contribution >= 0.6 is 0 Å². The summed E-state index contributed by atoms with van der Waals surface area (Å²) in [6.07, 6.45) is 1.38. The lowest BCUT2D eigenvalue weighted by Gasteiger charge is -2.08. The molecule has 2 rings (SSSR count). The number of carboxylic acids is 1. The molecule has 0 radical (unpaired) electrons. The molecule has 19 heavy (non-hydrogen) atoms.